The monoisotopic (exact) mass is 393 g/mol. The highest BCUT2D eigenvalue weighted by molar-refractivity contribution is 5.64. The summed E-state index contributed by atoms with van der Waals surface area (Å²) in [6.07, 6.45) is 1.78. The van der Waals surface area contributed by atoms with Crippen molar-refractivity contribution in [1.29, 1.82) is 0 Å². The molecular formula is C23H21F2N3O. The van der Waals surface area contributed by atoms with Gasteiger partial charge >= 0.3 is 0 Å². The van der Waals surface area contributed by atoms with Crippen molar-refractivity contribution in [2.45, 2.75) is 38.0 Å². The second-order valence-electron chi connectivity index (χ2n) is 8.66. The summed E-state index contributed by atoms with van der Waals surface area (Å²) in [5.41, 5.74) is 2.04. The fourth-order valence-corrected chi connectivity index (χ4v) is 5.75. The number of hydrogen-bond donors (Lipinski definition) is 0. The van der Waals surface area contributed by atoms with Crippen LogP contribution < -0.4 is 5.56 Å². The highest BCUT2D eigenvalue weighted by atomic mass is 19.1. The van der Waals surface area contributed by atoms with E-state index in [1.165, 1.54) is 18.2 Å². The van der Waals surface area contributed by atoms with Crippen LogP contribution in [0.25, 0.3) is 11.3 Å². The van der Waals surface area contributed by atoms with Gasteiger partial charge < -0.3 is 4.57 Å². The van der Waals surface area contributed by atoms with Gasteiger partial charge in [-0.25, -0.2) is 8.78 Å². The van der Waals surface area contributed by atoms with E-state index in [9.17, 15) is 13.6 Å². The number of fused-ring (bicyclic) bond motifs is 5. The average molecular weight is 393 g/mol. The zero-order valence-electron chi connectivity index (χ0n) is 16.5. The van der Waals surface area contributed by atoms with E-state index < -0.39 is 17.0 Å². The van der Waals surface area contributed by atoms with Crippen LogP contribution >= 0.6 is 0 Å². The Balaban J connectivity index is 1.77. The number of rotatable bonds is 2. The van der Waals surface area contributed by atoms with Crippen molar-refractivity contribution in [2.24, 2.45) is 12.5 Å². The maximum atomic E-state index is 14.3. The molecule has 29 heavy (non-hydrogen) atoms. The van der Waals surface area contributed by atoms with Crippen molar-refractivity contribution in [3.8, 4) is 11.3 Å². The lowest BCUT2D eigenvalue weighted by Gasteiger charge is -2.39. The molecule has 2 aliphatic carbocycles. The third-order valence-corrected chi connectivity index (χ3v) is 7.22. The maximum absolute atomic E-state index is 14.3. The molecule has 4 nitrogen and oxygen atoms in total. The maximum Gasteiger partial charge on any atom is 0.250 e. The van der Waals surface area contributed by atoms with E-state index in [0.29, 0.717) is 0 Å². The van der Waals surface area contributed by atoms with Gasteiger partial charge in [0.2, 0.25) is 5.56 Å². The zero-order chi connectivity index (χ0) is 20.6. The fraction of sp³-hybridized carbons (Fsp3) is 0.348. The molecule has 1 fully saturated rings. The van der Waals surface area contributed by atoms with Crippen LogP contribution in [0.2, 0.25) is 0 Å². The molecule has 2 aliphatic rings. The first-order chi connectivity index (χ1) is 13.8. The van der Waals surface area contributed by atoms with Crippen LogP contribution in [0, 0.1) is 17.0 Å². The Bertz CT molecular complexity index is 1200. The van der Waals surface area contributed by atoms with Gasteiger partial charge in [0.25, 0.3) is 0 Å². The Kier molecular flexibility index (Phi) is 3.64. The molecule has 3 aromatic rings. The highest BCUT2D eigenvalue weighted by Gasteiger charge is 2.65. The van der Waals surface area contributed by atoms with Gasteiger partial charge in [0.05, 0.1) is 22.4 Å². The third-order valence-electron chi connectivity index (χ3n) is 7.22. The normalized spacial score (nSPS) is 24.0. The van der Waals surface area contributed by atoms with Crippen molar-refractivity contribution in [3.63, 3.8) is 0 Å². The molecule has 0 N–H and O–H groups in total. The van der Waals surface area contributed by atoms with Gasteiger partial charge in [0.15, 0.2) is 0 Å². The van der Waals surface area contributed by atoms with E-state index in [-0.39, 0.29) is 28.1 Å². The summed E-state index contributed by atoms with van der Waals surface area (Å²) in [5.74, 6) is -1.12. The molecule has 1 aromatic carbocycles. The molecule has 0 amide bonds. The quantitative estimate of drug-likeness (QED) is 0.651. The van der Waals surface area contributed by atoms with E-state index >= 15 is 0 Å². The SMILES string of the molecule is Cn1c([C@@]23CC[C@@H](c4cc(-c5c(F)cccc5F)nnc42)C3(C)C)cccc1=O. The molecule has 2 atom stereocenters. The number of nitrogens with zero attached hydrogens (tertiary/aromatic N) is 3. The minimum atomic E-state index is -0.651. The lowest BCUT2D eigenvalue weighted by molar-refractivity contribution is 0.237. The van der Waals surface area contributed by atoms with Crippen molar-refractivity contribution in [3.05, 3.63) is 81.4 Å². The molecule has 2 heterocycles. The molecule has 0 spiro atoms. The standard InChI is InChI=1S/C23H21F2N3O/c1-22(2)14-10-11-23(22,18-8-5-9-19(29)28(18)3)21-13(14)12-17(26-27-21)20-15(24)6-4-7-16(20)25/h4-9,12,14H,10-11H2,1-3H3/t14-,23-/m0/s1. The Morgan fingerprint density at radius 2 is 1.76 bits per heavy atom. The molecule has 0 aliphatic heterocycles. The first kappa shape index (κ1) is 18.2. The first-order valence-corrected chi connectivity index (χ1v) is 9.78. The summed E-state index contributed by atoms with van der Waals surface area (Å²) in [5, 5.41) is 8.75. The molecule has 2 bridgehead atoms. The van der Waals surface area contributed by atoms with Crippen molar-refractivity contribution < 1.29 is 8.78 Å². The average Bonchev–Trinajstić information content (AvgIpc) is 3.05. The van der Waals surface area contributed by atoms with Crippen LogP contribution in [-0.2, 0) is 12.5 Å². The van der Waals surface area contributed by atoms with Crippen molar-refractivity contribution in [2.75, 3.05) is 0 Å². The Morgan fingerprint density at radius 3 is 2.48 bits per heavy atom. The molecule has 0 unspecified atom stereocenters. The van der Waals surface area contributed by atoms with E-state index in [1.807, 2.05) is 6.07 Å². The lowest BCUT2D eigenvalue weighted by Crippen LogP contribution is -2.41. The first-order valence-electron chi connectivity index (χ1n) is 9.78. The third kappa shape index (κ3) is 2.14. The van der Waals surface area contributed by atoms with Gasteiger partial charge in [-0.15, -0.1) is 5.10 Å². The lowest BCUT2D eigenvalue weighted by atomic mass is 9.66. The van der Waals surface area contributed by atoms with Crippen LogP contribution in [0.1, 0.15) is 49.6 Å². The summed E-state index contributed by atoms with van der Waals surface area (Å²) < 4.78 is 30.3. The van der Waals surface area contributed by atoms with Gasteiger partial charge in [0, 0.05) is 18.8 Å². The van der Waals surface area contributed by atoms with Gasteiger partial charge in [-0.2, -0.15) is 5.10 Å². The minimum absolute atomic E-state index is 0.0671. The van der Waals surface area contributed by atoms with Crippen LogP contribution in [0.4, 0.5) is 8.78 Å². The van der Waals surface area contributed by atoms with Crippen molar-refractivity contribution in [1.82, 2.24) is 14.8 Å². The van der Waals surface area contributed by atoms with Crippen molar-refractivity contribution >= 4 is 0 Å². The summed E-state index contributed by atoms with van der Waals surface area (Å²) in [4.78, 5) is 12.3. The van der Waals surface area contributed by atoms with Crippen LogP contribution in [0.15, 0.2) is 47.3 Å². The summed E-state index contributed by atoms with van der Waals surface area (Å²) in [6, 6.07) is 10.9. The fourth-order valence-electron chi connectivity index (χ4n) is 5.75. The van der Waals surface area contributed by atoms with Crippen LogP contribution in [0.5, 0.6) is 0 Å². The Hall–Kier alpha value is -2.89. The summed E-state index contributed by atoms with van der Waals surface area (Å²) >= 11 is 0. The number of aromatic nitrogens is 3. The van der Waals surface area contributed by atoms with Gasteiger partial charge in [-0.05, 0) is 54.0 Å². The molecule has 0 radical (unpaired) electrons. The van der Waals surface area contributed by atoms with Crippen LogP contribution in [-0.4, -0.2) is 14.8 Å². The smallest absolute Gasteiger partial charge is 0.250 e. The largest absolute Gasteiger partial charge is 0.315 e. The molecule has 148 valence electrons. The van der Waals surface area contributed by atoms with Crippen LogP contribution in [0.3, 0.4) is 0 Å². The Morgan fingerprint density at radius 1 is 1.07 bits per heavy atom. The second kappa shape index (κ2) is 5.81. The number of hydrogen-bond acceptors (Lipinski definition) is 3. The number of pyridine rings is 1. The van der Waals surface area contributed by atoms with E-state index in [4.69, 9.17) is 0 Å². The second-order valence-corrected chi connectivity index (χ2v) is 8.66. The molecule has 0 saturated heterocycles. The summed E-state index contributed by atoms with van der Waals surface area (Å²) in [6.45, 7) is 4.38. The highest BCUT2D eigenvalue weighted by Crippen LogP contribution is 2.69. The van der Waals surface area contributed by atoms with E-state index in [1.54, 1.807) is 29.8 Å². The minimum Gasteiger partial charge on any atom is -0.315 e. The number of benzene rings is 1. The molecule has 6 heteroatoms. The molecule has 1 saturated carbocycles. The van der Waals surface area contributed by atoms with E-state index in [2.05, 4.69) is 24.0 Å². The van der Waals surface area contributed by atoms with Gasteiger partial charge in [-0.1, -0.05) is 26.0 Å². The summed E-state index contributed by atoms with van der Waals surface area (Å²) in [7, 11) is 1.78. The number of halogens is 2. The molecule has 2 aromatic heterocycles. The molecular weight excluding hydrogens is 372 g/mol. The van der Waals surface area contributed by atoms with Gasteiger partial charge in [0.1, 0.15) is 11.6 Å². The topological polar surface area (TPSA) is 47.8 Å². The Labute approximate surface area is 167 Å². The van der Waals surface area contributed by atoms with Gasteiger partial charge in [-0.3, -0.25) is 4.79 Å². The zero-order valence-corrected chi connectivity index (χ0v) is 16.5. The predicted octanol–water partition coefficient (Wildman–Crippen LogP) is 4.32. The van der Waals surface area contributed by atoms with E-state index in [0.717, 1.165) is 29.8 Å². The molecule has 5 rings (SSSR count). The predicted molar refractivity (Wildman–Crippen MR) is 106 cm³/mol.